The number of Topliss-reactive ketones (excluding diaryl/α,β-unsaturated/α-hetero) is 1. The van der Waals surface area contributed by atoms with Crippen LogP contribution in [0.2, 0.25) is 0 Å². The standard InChI is InChI=1S/C21H23NO6/c1-13-5-6-15(9-14(13)2)21(25)22-11-20(24)28-12-18(23)17-10-16(26-3)7-8-19(17)27-4/h5-10H,11-12H2,1-4H3,(H,22,25). The lowest BCUT2D eigenvalue weighted by molar-refractivity contribution is -0.141. The van der Waals surface area contributed by atoms with Crippen LogP contribution in [-0.4, -0.2) is 45.0 Å². The molecule has 0 aliphatic rings. The summed E-state index contributed by atoms with van der Waals surface area (Å²) in [7, 11) is 2.92. The second kappa shape index (κ2) is 9.55. The highest BCUT2D eigenvalue weighted by atomic mass is 16.5. The van der Waals surface area contributed by atoms with Gasteiger partial charge < -0.3 is 19.5 Å². The van der Waals surface area contributed by atoms with E-state index in [1.807, 2.05) is 19.9 Å². The van der Waals surface area contributed by atoms with E-state index in [1.54, 1.807) is 24.3 Å². The lowest BCUT2D eigenvalue weighted by Gasteiger charge is -2.10. The molecule has 0 radical (unpaired) electrons. The smallest absolute Gasteiger partial charge is 0.325 e. The number of nitrogens with one attached hydrogen (secondary N) is 1. The molecule has 0 saturated carbocycles. The predicted octanol–water partition coefficient (Wildman–Crippen LogP) is 2.48. The summed E-state index contributed by atoms with van der Waals surface area (Å²) < 4.78 is 15.2. The highest BCUT2D eigenvalue weighted by molar-refractivity contribution is 6.01. The molecule has 0 aromatic heterocycles. The van der Waals surface area contributed by atoms with Gasteiger partial charge in [0.1, 0.15) is 18.0 Å². The summed E-state index contributed by atoms with van der Waals surface area (Å²) in [5.41, 5.74) is 2.75. The number of benzene rings is 2. The molecule has 148 valence electrons. The van der Waals surface area contributed by atoms with Crippen molar-refractivity contribution >= 4 is 17.7 Å². The van der Waals surface area contributed by atoms with Crippen LogP contribution in [0.15, 0.2) is 36.4 Å². The molecular weight excluding hydrogens is 362 g/mol. The van der Waals surface area contributed by atoms with Crippen molar-refractivity contribution in [1.29, 1.82) is 0 Å². The van der Waals surface area contributed by atoms with Crippen molar-refractivity contribution in [2.45, 2.75) is 13.8 Å². The zero-order valence-corrected chi connectivity index (χ0v) is 16.3. The normalized spacial score (nSPS) is 10.1. The van der Waals surface area contributed by atoms with Crippen molar-refractivity contribution in [3.8, 4) is 11.5 Å². The van der Waals surface area contributed by atoms with Crippen molar-refractivity contribution in [2.24, 2.45) is 0 Å². The Balaban J connectivity index is 1.89. The van der Waals surface area contributed by atoms with Gasteiger partial charge >= 0.3 is 5.97 Å². The van der Waals surface area contributed by atoms with E-state index in [4.69, 9.17) is 14.2 Å². The van der Waals surface area contributed by atoms with Gasteiger partial charge in [-0.05, 0) is 55.3 Å². The van der Waals surface area contributed by atoms with E-state index in [0.717, 1.165) is 11.1 Å². The predicted molar refractivity (Wildman–Crippen MR) is 103 cm³/mol. The Labute approximate surface area is 163 Å². The van der Waals surface area contributed by atoms with E-state index < -0.39 is 18.4 Å². The van der Waals surface area contributed by atoms with E-state index in [-0.39, 0.29) is 18.0 Å². The number of methoxy groups -OCH3 is 2. The molecule has 0 aliphatic carbocycles. The van der Waals surface area contributed by atoms with Crippen LogP contribution in [0.4, 0.5) is 0 Å². The number of ketones is 1. The number of hydrogen-bond acceptors (Lipinski definition) is 6. The topological polar surface area (TPSA) is 90.9 Å². The summed E-state index contributed by atoms with van der Waals surface area (Å²) in [5.74, 6) is -0.709. The molecule has 0 heterocycles. The fraction of sp³-hybridized carbons (Fsp3) is 0.286. The molecule has 0 saturated heterocycles. The van der Waals surface area contributed by atoms with Gasteiger partial charge in [-0.25, -0.2) is 0 Å². The highest BCUT2D eigenvalue weighted by Gasteiger charge is 2.16. The minimum absolute atomic E-state index is 0.244. The molecule has 0 fully saturated rings. The summed E-state index contributed by atoms with van der Waals surface area (Å²) in [6.45, 7) is 3.04. The highest BCUT2D eigenvalue weighted by Crippen LogP contribution is 2.24. The lowest BCUT2D eigenvalue weighted by Crippen LogP contribution is -2.31. The van der Waals surface area contributed by atoms with Crippen molar-refractivity contribution in [3.05, 3.63) is 58.7 Å². The van der Waals surface area contributed by atoms with Crippen molar-refractivity contribution in [3.63, 3.8) is 0 Å². The van der Waals surface area contributed by atoms with E-state index in [0.29, 0.717) is 17.1 Å². The monoisotopic (exact) mass is 385 g/mol. The molecule has 1 amide bonds. The average molecular weight is 385 g/mol. The van der Waals surface area contributed by atoms with E-state index in [2.05, 4.69) is 5.32 Å². The second-order valence-electron chi connectivity index (χ2n) is 6.13. The van der Waals surface area contributed by atoms with Crippen LogP contribution in [0.5, 0.6) is 11.5 Å². The molecule has 0 unspecified atom stereocenters. The van der Waals surface area contributed by atoms with Gasteiger partial charge in [0, 0.05) is 5.56 Å². The molecule has 2 aromatic carbocycles. The first kappa shape index (κ1) is 21.0. The van der Waals surface area contributed by atoms with Crippen LogP contribution in [-0.2, 0) is 9.53 Å². The minimum Gasteiger partial charge on any atom is -0.497 e. The van der Waals surface area contributed by atoms with Gasteiger partial charge in [-0.15, -0.1) is 0 Å². The molecule has 0 atom stereocenters. The molecule has 2 aromatic rings. The first-order chi connectivity index (χ1) is 13.3. The molecule has 0 spiro atoms. The van der Waals surface area contributed by atoms with E-state index >= 15 is 0 Å². The van der Waals surface area contributed by atoms with Gasteiger partial charge in [-0.3, -0.25) is 14.4 Å². The molecule has 2 rings (SSSR count). The second-order valence-corrected chi connectivity index (χ2v) is 6.13. The number of carbonyl (C=O) groups is 3. The van der Waals surface area contributed by atoms with Gasteiger partial charge in [0.25, 0.3) is 5.91 Å². The first-order valence-electron chi connectivity index (χ1n) is 8.62. The number of amides is 1. The SMILES string of the molecule is COc1ccc(OC)c(C(=O)COC(=O)CNC(=O)c2ccc(C)c(C)c2)c1. The van der Waals surface area contributed by atoms with E-state index in [1.165, 1.54) is 20.3 Å². The van der Waals surface area contributed by atoms with Gasteiger partial charge in [-0.1, -0.05) is 6.07 Å². The van der Waals surface area contributed by atoms with Crippen LogP contribution in [0.1, 0.15) is 31.8 Å². The number of aryl methyl sites for hydroxylation is 2. The summed E-state index contributed by atoms with van der Waals surface area (Å²) in [5, 5.41) is 2.48. The third-order valence-corrected chi connectivity index (χ3v) is 4.23. The fourth-order valence-corrected chi connectivity index (χ4v) is 2.44. The third-order valence-electron chi connectivity index (χ3n) is 4.23. The van der Waals surface area contributed by atoms with Crippen LogP contribution < -0.4 is 14.8 Å². The summed E-state index contributed by atoms with van der Waals surface area (Å²) in [6, 6.07) is 10.0. The molecule has 7 nitrogen and oxygen atoms in total. The number of carbonyl (C=O) groups excluding carboxylic acids is 3. The molecule has 1 N–H and O–H groups in total. The maximum Gasteiger partial charge on any atom is 0.325 e. The summed E-state index contributed by atoms with van der Waals surface area (Å²) >= 11 is 0. The van der Waals surface area contributed by atoms with Crippen LogP contribution >= 0.6 is 0 Å². The number of esters is 1. The van der Waals surface area contributed by atoms with Gasteiger partial charge in [0.05, 0.1) is 19.8 Å². The molecule has 28 heavy (non-hydrogen) atoms. The Kier molecular flexibility index (Phi) is 7.14. The van der Waals surface area contributed by atoms with Gasteiger partial charge in [0.15, 0.2) is 6.61 Å². The van der Waals surface area contributed by atoms with Gasteiger partial charge in [-0.2, -0.15) is 0 Å². The quantitative estimate of drug-likeness (QED) is 0.555. The Morgan fingerprint density at radius 3 is 2.32 bits per heavy atom. The van der Waals surface area contributed by atoms with Crippen molar-refractivity contribution in [1.82, 2.24) is 5.32 Å². The Morgan fingerprint density at radius 1 is 0.929 bits per heavy atom. The molecular formula is C21H23NO6. The number of hydrogen-bond donors (Lipinski definition) is 1. The first-order valence-corrected chi connectivity index (χ1v) is 8.62. The number of rotatable bonds is 8. The summed E-state index contributed by atoms with van der Waals surface area (Å²) in [4.78, 5) is 36.3. The molecule has 0 aliphatic heterocycles. The van der Waals surface area contributed by atoms with Crippen molar-refractivity contribution < 1.29 is 28.6 Å². The van der Waals surface area contributed by atoms with Crippen molar-refractivity contribution in [2.75, 3.05) is 27.4 Å². The fourth-order valence-electron chi connectivity index (χ4n) is 2.44. The van der Waals surface area contributed by atoms with Gasteiger partial charge in [0.2, 0.25) is 5.78 Å². The average Bonchev–Trinajstić information content (AvgIpc) is 2.71. The summed E-state index contributed by atoms with van der Waals surface area (Å²) in [6.07, 6.45) is 0. The molecule has 0 bridgehead atoms. The lowest BCUT2D eigenvalue weighted by atomic mass is 10.1. The number of ether oxygens (including phenoxy) is 3. The zero-order chi connectivity index (χ0) is 20.7. The third kappa shape index (κ3) is 5.33. The Morgan fingerprint density at radius 2 is 1.68 bits per heavy atom. The largest absolute Gasteiger partial charge is 0.497 e. The zero-order valence-electron chi connectivity index (χ0n) is 16.3. The van der Waals surface area contributed by atoms with Crippen LogP contribution in [0.25, 0.3) is 0 Å². The Hall–Kier alpha value is -3.35. The minimum atomic E-state index is -0.715. The molecule has 7 heteroatoms. The Bertz CT molecular complexity index is 890. The van der Waals surface area contributed by atoms with E-state index in [9.17, 15) is 14.4 Å². The maximum absolute atomic E-state index is 12.3. The van der Waals surface area contributed by atoms with Crippen LogP contribution in [0.3, 0.4) is 0 Å². The maximum atomic E-state index is 12.3. The van der Waals surface area contributed by atoms with Crippen LogP contribution in [0, 0.1) is 13.8 Å².